The molecule has 7 aromatic carbocycles. The average Bonchev–Trinajstić information content (AvgIpc) is 3.38. The molecule has 0 N–H and O–H groups in total. The number of nitrogens with zero attached hydrogens (tertiary/aromatic N) is 2. The fraction of sp³-hybridized carbons (Fsp3) is 0. The number of aromatic nitrogens is 1. The van der Waals surface area contributed by atoms with Gasteiger partial charge in [0, 0.05) is 33.1 Å². The van der Waals surface area contributed by atoms with E-state index in [0.29, 0.717) is 0 Å². The standard InChI is InChI=1S/C40H26N2/c1-3-12-27(13-4-1)29-16-9-19-31(24-29)42-37-23-11-15-28-14-10-21-33(40(28)37)35-25-34-32-20-7-8-22-36(32)41(38(34)26-39(35)42)30-17-5-2-6-18-30/h1-26H. The Morgan fingerprint density at radius 1 is 0.381 bits per heavy atom. The molecule has 2 nitrogen and oxygen atoms in total. The minimum atomic E-state index is 1.15. The number of rotatable bonds is 3. The van der Waals surface area contributed by atoms with Crippen molar-refractivity contribution in [2.45, 2.75) is 0 Å². The number of hydrogen-bond donors (Lipinski definition) is 0. The van der Waals surface area contributed by atoms with E-state index in [2.05, 4.69) is 167 Å². The molecule has 2 heteroatoms. The van der Waals surface area contributed by atoms with E-state index in [0.717, 1.165) is 5.69 Å². The summed E-state index contributed by atoms with van der Waals surface area (Å²) in [4.78, 5) is 2.46. The Morgan fingerprint density at radius 3 is 1.93 bits per heavy atom. The summed E-state index contributed by atoms with van der Waals surface area (Å²) in [5.74, 6) is 0. The summed E-state index contributed by atoms with van der Waals surface area (Å²) < 4.78 is 2.41. The van der Waals surface area contributed by atoms with Gasteiger partial charge in [-0.15, -0.1) is 0 Å². The van der Waals surface area contributed by atoms with E-state index in [4.69, 9.17) is 0 Å². The highest BCUT2D eigenvalue weighted by atomic mass is 15.2. The number of fused-ring (bicyclic) bond motifs is 5. The topological polar surface area (TPSA) is 8.17 Å². The van der Waals surface area contributed by atoms with Crippen molar-refractivity contribution in [3.63, 3.8) is 0 Å². The molecule has 0 atom stereocenters. The normalized spacial score (nSPS) is 12.2. The third-order valence-corrected chi connectivity index (χ3v) is 8.67. The van der Waals surface area contributed by atoms with Gasteiger partial charge in [-0.05, 0) is 70.6 Å². The number of para-hydroxylation sites is 2. The molecule has 0 saturated carbocycles. The summed E-state index contributed by atoms with van der Waals surface area (Å²) in [6.07, 6.45) is 0. The third-order valence-electron chi connectivity index (χ3n) is 8.67. The summed E-state index contributed by atoms with van der Waals surface area (Å²) in [5, 5.41) is 5.08. The molecule has 0 radical (unpaired) electrons. The molecule has 8 aromatic rings. The molecule has 2 heterocycles. The fourth-order valence-corrected chi connectivity index (χ4v) is 6.86. The maximum absolute atomic E-state index is 2.46. The van der Waals surface area contributed by atoms with Crippen LogP contribution in [0.2, 0.25) is 0 Å². The smallest absolute Gasteiger partial charge is 0.0562 e. The Kier molecular flexibility index (Phi) is 4.93. The third kappa shape index (κ3) is 3.33. The van der Waals surface area contributed by atoms with Crippen LogP contribution in [0.1, 0.15) is 0 Å². The van der Waals surface area contributed by atoms with Gasteiger partial charge < -0.3 is 9.47 Å². The molecule has 0 saturated heterocycles. The highest BCUT2D eigenvalue weighted by molar-refractivity contribution is 6.19. The van der Waals surface area contributed by atoms with Gasteiger partial charge in [-0.2, -0.15) is 0 Å². The van der Waals surface area contributed by atoms with Crippen molar-refractivity contribution in [2.75, 3.05) is 4.90 Å². The second-order valence-electron chi connectivity index (χ2n) is 11.0. The van der Waals surface area contributed by atoms with Gasteiger partial charge in [0.2, 0.25) is 0 Å². The van der Waals surface area contributed by atoms with Crippen molar-refractivity contribution in [1.29, 1.82) is 0 Å². The van der Waals surface area contributed by atoms with Crippen LogP contribution < -0.4 is 4.90 Å². The van der Waals surface area contributed by atoms with Crippen molar-refractivity contribution < 1.29 is 0 Å². The number of hydrogen-bond acceptors (Lipinski definition) is 1. The Hall–Kier alpha value is -5.60. The van der Waals surface area contributed by atoms with Crippen molar-refractivity contribution in [2.24, 2.45) is 0 Å². The summed E-state index contributed by atoms with van der Waals surface area (Å²) in [6, 6.07) is 57.3. The molecule has 42 heavy (non-hydrogen) atoms. The van der Waals surface area contributed by atoms with Crippen LogP contribution >= 0.6 is 0 Å². The van der Waals surface area contributed by atoms with E-state index in [1.165, 1.54) is 71.9 Å². The Morgan fingerprint density at radius 2 is 1.07 bits per heavy atom. The minimum absolute atomic E-state index is 1.15. The number of anilines is 3. The molecular weight excluding hydrogens is 508 g/mol. The summed E-state index contributed by atoms with van der Waals surface area (Å²) in [7, 11) is 0. The zero-order valence-electron chi connectivity index (χ0n) is 22.9. The van der Waals surface area contributed by atoms with Gasteiger partial charge in [0.25, 0.3) is 0 Å². The Balaban J connectivity index is 1.40. The van der Waals surface area contributed by atoms with Crippen LogP contribution in [0, 0.1) is 0 Å². The Bertz CT molecular complexity index is 2290. The van der Waals surface area contributed by atoms with Crippen LogP contribution in [-0.2, 0) is 0 Å². The first-order chi connectivity index (χ1) is 20.8. The fourth-order valence-electron chi connectivity index (χ4n) is 6.86. The maximum atomic E-state index is 2.46. The van der Waals surface area contributed by atoms with Crippen molar-refractivity contribution in [1.82, 2.24) is 4.57 Å². The van der Waals surface area contributed by atoms with E-state index < -0.39 is 0 Å². The van der Waals surface area contributed by atoms with Crippen molar-refractivity contribution >= 4 is 49.6 Å². The predicted molar refractivity (Wildman–Crippen MR) is 177 cm³/mol. The van der Waals surface area contributed by atoms with E-state index >= 15 is 0 Å². The second-order valence-corrected chi connectivity index (χ2v) is 11.0. The van der Waals surface area contributed by atoms with Crippen LogP contribution in [-0.4, -0.2) is 4.57 Å². The van der Waals surface area contributed by atoms with Crippen molar-refractivity contribution in [3.8, 4) is 27.9 Å². The van der Waals surface area contributed by atoms with Gasteiger partial charge in [0.05, 0.1) is 22.4 Å². The molecule has 1 aromatic heterocycles. The van der Waals surface area contributed by atoms with Gasteiger partial charge in [-0.25, -0.2) is 0 Å². The molecule has 0 unspecified atom stereocenters. The van der Waals surface area contributed by atoms with E-state index in [1.807, 2.05) is 0 Å². The zero-order valence-corrected chi connectivity index (χ0v) is 22.9. The van der Waals surface area contributed by atoms with E-state index in [-0.39, 0.29) is 0 Å². The molecule has 0 aliphatic carbocycles. The largest absolute Gasteiger partial charge is 0.309 e. The van der Waals surface area contributed by atoms with Crippen LogP contribution in [0.25, 0.3) is 60.5 Å². The average molecular weight is 535 g/mol. The molecule has 0 fully saturated rings. The first-order valence-corrected chi connectivity index (χ1v) is 14.5. The lowest BCUT2D eigenvalue weighted by Gasteiger charge is -2.34. The molecule has 0 amide bonds. The molecule has 196 valence electrons. The quantitative estimate of drug-likeness (QED) is 0.219. The zero-order chi connectivity index (χ0) is 27.6. The van der Waals surface area contributed by atoms with E-state index in [9.17, 15) is 0 Å². The van der Waals surface area contributed by atoms with Gasteiger partial charge in [0.15, 0.2) is 0 Å². The number of benzene rings is 7. The molecule has 0 spiro atoms. The molecular formula is C40H26N2. The molecule has 9 rings (SSSR count). The van der Waals surface area contributed by atoms with Gasteiger partial charge in [-0.3, -0.25) is 0 Å². The highest BCUT2D eigenvalue weighted by Crippen LogP contribution is 2.53. The van der Waals surface area contributed by atoms with Crippen LogP contribution in [0.5, 0.6) is 0 Å². The lowest BCUT2D eigenvalue weighted by molar-refractivity contribution is 1.18. The Labute approximate surface area is 244 Å². The van der Waals surface area contributed by atoms with Crippen molar-refractivity contribution in [3.05, 3.63) is 158 Å². The second kappa shape index (κ2) is 8.95. The lowest BCUT2D eigenvalue weighted by atomic mass is 9.89. The van der Waals surface area contributed by atoms with Crippen LogP contribution in [0.3, 0.4) is 0 Å². The minimum Gasteiger partial charge on any atom is -0.309 e. The monoisotopic (exact) mass is 534 g/mol. The molecule has 1 aliphatic rings. The van der Waals surface area contributed by atoms with Crippen LogP contribution in [0.15, 0.2) is 158 Å². The van der Waals surface area contributed by atoms with Crippen LogP contribution in [0.4, 0.5) is 17.1 Å². The van der Waals surface area contributed by atoms with E-state index in [1.54, 1.807) is 0 Å². The lowest BCUT2D eigenvalue weighted by Crippen LogP contribution is -2.15. The summed E-state index contributed by atoms with van der Waals surface area (Å²) >= 11 is 0. The SMILES string of the molecule is c1ccc(-c2cccc(N3c4cc5c(cc4-c4cccc6cccc3c46)c3ccccc3n5-c3ccccc3)c2)cc1. The molecule has 1 aliphatic heterocycles. The molecule has 0 bridgehead atoms. The summed E-state index contributed by atoms with van der Waals surface area (Å²) in [5.41, 5.74) is 12.1. The van der Waals surface area contributed by atoms with Gasteiger partial charge >= 0.3 is 0 Å². The van der Waals surface area contributed by atoms with Gasteiger partial charge in [0.1, 0.15) is 0 Å². The highest BCUT2D eigenvalue weighted by Gasteiger charge is 2.28. The van der Waals surface area contributed by atoms with Gasteiger partial charge in [-0.1, -0.05) is 109 Å². The predicted octanol–water partition coefficient (Wildman–Crippen LogP) is 11.1. The first kappa shape index (κ1) is 23.1. The first-order valence-electron chi connectivity index (χ1n) is 14.5. The summed E-state index contributed by atoms with van der Waals surface area (Å²) in [6.45, 7) is 0. The maximum Gasteiger partial charge on any atom is 0.0562 e.